The second kappa shape index (κ2) is 6.04. The minimum atomic E-state index is 1.34. The van der Waals surface area contributed by atoms with Crippen LogP contribution >= 0.6 is 0 Å². The molecule has 0 saturated carbocycles. The van der Waals surface area contributed by atoms with Gasteiger partial charge in [0.25, 0.3) is 0 Å². The molecule has 0 N–H and O–H groups in total. The van der Waals surface area contributed by atoms with Crippen molar-refractivity contribution in [3.8, 4) is 0 Å². The first-order valence-electron chi connectivity index (χ1n) is 2.96. The fourth-order valence-corrected chi connectivity index (χ4v) is 28.1. The van der Waals surface area contributed by atoms with Gasteiger partial charge in [-0.25, -0.2) is 0 Å². The fraction of sp³-hybridized carbons (Fsp3) is 1.00. The Morgan fingerprint density at radius 1 is 0.667 bits per heavy atom. The van der Waals surface area contributed by atoms with Crippen LogP contribution in [0.2, 0.25) is 12.1 Å². The van der Waals surface area contributed by atoms with Crippen molar-refractivity contribution in [3.63, 3.8) is 0 Å². The molecule has 0 aromatic rings. The Balaban J connectivity index is 2.02. The quantitative estimate of drug-likeness (QED) is 0.452. The molecular weight excluding hydrogens is 205 g/mol. The fourth-order valence-electron chi connectivity index (χ4n) is 0.541. The van der Waals surface area contributed by atoms with Crippen molar-refractivity contribution in [3.05, 3.63) is 0 Å². The van der Waals surface area contributed by atoms with Crippen molar-refractivity contribution in [2.75, 3.05) is 0 Å². The predicted octanol–water partition coefficient (Wildman–Crippen LogP) is -0.973. The smallest absolute Gasteiger partial charge is 0.0179 e. The highest BCUT2D eigenvalue weighted by Crippen LogP contribution is 1.94. The molecule has 1 rings (SSSR count). The van der Waals surface area contributed by atoms with Crippen molar-refractivity contribution < 1.29 is 0 Å². The molecule has 12 radical (unpaired) electrons. The summed E-state index contributed by atoms with van der Waals surface area (Å²) >= 11 is 0. The van der Waals surface area contributed by atoms with E-state index in [4.69, 9.17) is 0 Å². The first kappa shape index (κ1) is 8.40. The lowest BCUT2D eigenvalue weighted by Crippen LogP contribution is -2.24. The second-order valence-corrected chi connectivity index (χ2v) is 18.5. The van der Waals surface area contributed by atoms with E-state index in [1.807, 2.05) is 0 Å². The summed E-state index contributed by atoms with van der Waals surface area (Å²) in [6, 6.07) is 3.13. The van der Waals surface area contributed by atoms with E-state index >= 15 is 0 Å². The largest absolute Gasteiger partial charge is 0.0643 e. The van der Waals surface area contributed by atoms with E-state index in [1.165, 1.54) is 52.3 Å². The molecule has 0 aromatic heterocycles. The molecule has 1 aliphatic heterocycles. The summed E-state index contributed by atoms with van der Waals surface area (Å²) in [6.45, 7) is 0. The molecule has 0 aromatic carbocycles. The summed E-state index contributed by atoms with van der Waals surface area (Å²) in [7, 11) is 8.16. The van der Waals surface area contributed by atoms with E-state index in [1.54, 1.807) is 18.5 Å². The highest BCUT2D eigenvalue weighted by molar-refractivity contribution is 7.59. The maximum atomic E-state index is 1.56. The van der Waals surface area contributed by atoms with Crippen LogP contribution in [-0.2, 0) is 0 Å². The third-order valence-corrected chi connectivity index (χ3v) is 23.3. The maximum absolute atomic E-state index is 1.56. The lowest BCUT2D eigenvalue weighted by atomic mass is 10.6. The van der Waals surface area contributed by atoms with Gasteiger partial charge >= 0.3 is 0 Å². The van der Waals surface area contributed by atoms with Gasteiger partial charge in [-0.3, -0.25) is 0 Å². The molecule has 1 heterocycles. The normalized spacial score (nSPS) is 24.0. The number of hydrogen-bond donors (Lipinski definition) is 0. The van der Waals surface area contributed by atoms with Crippen LogP contribution in [0.5, 0.6) is 0 Å². The van der Waals surface area contributed by atoms with Crippen molar-refractivity contribution >= 4 is 52.3 Å². The molecule has 9 heavy (non-hydrogen) atoms. The molecule has 1 aliphatic rings. The van der Waals surface area contributed by atoms with Gasteiger partial charge in [-0.2, -0.15) is 0 Å². The number of rotatable bonds is 0. The van der Waals surface area contributed by atoms with Gasteiger partial charge in [0.1, 0.15) is 0 Å². The Hall–Kier alpha value is 1.30. The highest BCUT2D eigenvalue weighted by Gasteiger charge is 1.99. The average Bonchev–Trinajstić information content (AvgIpc) is 2.00. The van der Waals surface area contributed by atoms with Gasteiger partial charge in [0, 0.05) is 52.3 Å². The summed E-state index contributed by atoms with van der Waals surface area (Å²) in [5.41, 5.74) is 0. The zero-order valence-electron chi connectivity index (χ0n) is 5.12. The molecule has 0 atom stereocenters. The van der Waals surface area contributed by atoms with Crippen LogP contribution in [0.4, 0.5) is 0 Å². The Morgan fingerprint density at radius 3 is 1.78 bits per heavy atom. The van der Waals surface area contributed by atoms with Crippen LogP contribution in [0.1, 0.15) is 6.42 Å². The van der Waals surface area contributed by atoms with Crippen LogP contribution in [0.15, 0.2) is 0 Å². The Kier molecular flexibility index (Phi) is 5.64. The van der Waals surface area contributed by atoms with Crippen molar-refractivity contribution in [1.82, 2.24) is 0 Å². The summed E-state index contributed by atoms with van der Waals surface area (Å²) in [5, 5.41) is 0. The molecule has 0 unspecified atom stereocenters. The van der Waals surface area contributed by atoms with E-state index in [0.29, 0.717) is 0 Å². The van der Waals surface area contributed by atoms with Gasteiger partial charge in [0.05, 0.1) is 0 Å². The van der Waals surface area contributed by atoms with Crippen LogP contribution in [0.3, 0.4) is 0 Å². The van der Waals surface area contributed by atoms with Crippen LogP contribution in [0.25, 0.3) is 0 Å². The van der Waals surface area contributed by atoms with Crippen LogP contribution in [-0.4, -0.2) is 52.3 Å². The summed E-state index contributed by atoms with van der Waals surface area (Å²) in [5.74, 6) is 0. The van der Waals surface area contributed by atoms with E-state index in [-0.39, 0.29) is 0 Å². The van der Waals surface area contributed by atoms with Gasteiger partial charge < -0.3 is 0 Å². The predicted molar refractivity (Wildman–Crippen MR) is 48.8 cm³/mol. The molecule has 0 aliphatic carbocycles. The lowest BCUT2D eigenvalue weighted by Gasteiger charge is -1.91. The monoisotopic (exact) mass is 210 g/mol. The van der Waals surface area contributed by atoms with Crippen molar-refractivity contribution in [2.24, 2.45) is 0 Å². The summed E-state index contributed by atoms with van der Waals surface area (Å²) in [4.78, 5) is 0. The van der Waals surface area contributed by atoms with Gasteiger partial charge in [-0.05, 0) is 0 Å². The lowest BCUT2D eigenvalue weighted by molar-refractivity contribution is 1.07. The number of hydrogen-bond acceptors (Lipinski definition) is 0. The molecule has 1 saturated heterocycles. The minimum Gasteiger partial charge on any atom is -0.0643 e. The minimum absolute atomic E-state index is 1.34. The Bertz CT molecular complexity index is 36.8. The standard InChI is InChI=1S/C3H6Si6/c1-2-4-6-8-9-7-5-3-1/h1-3H2. The Labute approximate surface area is 70.9 Å². The SMILES string of the molecule is C1C[Si][Si][Si][Si][Si][Si]C1. The van der Waals surface area contributed by atoms with E-state index in [2.05, 4.69) is 0 Å². The topological polar surface area (TPSA) is 0 Å². The van der Waals surface area contributed by atoms with Gasteiger partial charge in [0.2, 0.25) is 0 Å². The molecular formula is C3H6Si6. The highest BCUT2D eigenvalue weighted by atomic mass is 29.9. The van der Waals surface area contributed by atoms with Crippen LogP contribution < -0.4 is 0 Å². The van der Waals surface area contributed by atoms with Crippen LogP contribution in [0, 0.1) is 0 Å². The molecule has 1 fully saturated rings. The van der Waals surface area contributed by atoms with E-state index < -0.39 is 0 Å². The average molecular weight is 211 g/mol. The maximum Gasteiger partial charge on any atom is 0.0179 e. The molecule has 42 valence electrons. The molecule has 0 amide bonds. The first-order valence-corrected chi connectivity index (χ1v) is 14.4. The van der Waals surface area contributed by atoms with E-state index in [0.717, 1.165) is 0 Å². The van der Waals surface area contributed by atoms with Crippen molar-refractivity contribution in [1.29, 1.82) is 0 Å². The zero-order valence-corrected chi connectivity index (χ0v) is 11.1. The van der Waals surface area contributed by atoms with Gasteiger partial charge in [-0.15, -0.1) is 0 Å². The van der Waals surface area contributed by atoms with Gasteiger partial charge in [0.15, 0.2) is 0 Å². The zero-order chi connectivity index (χ0) is 6.36. The Morgan fingerprint density at radius 2 is 1.22 bits per heavy atom. The second-order valence-electron chi connectivity index (χ2n) is 1.71. The molecule has 0 bridgehead atoms. The van der Waals surface area contributed by atoms with E-state index in [9.17, 15) is 0 Å². The van der Waals surface area contributed by atoms with Gasteiger partial charge in [-0.1, -0.05) is 18.5 Å². The van der Waals surface area contributed by atoms with Crippen molar-refractivity contribution in [2.45, 2.75) is 18.5 Å². The third-order valence-electron chi connectivity index (χ3n) is 0.968. The molecule has 0 spiro atoms. The summed E-state index contributed by atoms with van der Waals surface area (Å²) in [6.07, 6.45) is 1.55. The summed E-state index contributed by atoms with van der Waals surface area (Å²) < 4.78 is 0. The third kappa shape index (κ3) is 4.67. The molecule has 6 heteroatoms. The molecule has 0 nitrogen and oxygen atoms in total. The first-order chi connectivity index (χ1) is 4.50.